The summed E-state index contributed by atoms with van der Waals surface area (Å²) in [4.78, 5) is 12.2. The zero-order valence-electron chi connectivity index (χ0n) is 10.8. The Morgan fingerprint density at radius 3 is 2.59 bits per heavy atom. The van der Waals surface area contributed by atoms with Crippen LogP contribution in [-0.2, 0) is 4.79 Å². The third-order valence-electron chi connectivity index (χ3n) is 3.06. The largest absolute Gasteiger partial charge is 0.465 e. The van der Waals surface area contributed by atoms with Crippen molar-refractivity contribution >= 4 is 11.9 Å². The lowest BCUT2D eigenvalue weighted by molar-refractivity contribution is -0.119. The van der Waals surface area contributed by atoms with Crippen molar-refractivity contribution < 1.29 is 9.21 Å². The lowest BCUT2D eigenvalue weighted by atomic mass is 9.77. The van der Waals surface area contributed by atoms with Crippen molar-refractivity contribution in [3.05, 3.63) is 29.7 Å². The van der Waals surface area contributed by atoms with Crippen LogP contribution in [0, 0.1) is 0 Å². The van der Waals surface area contributed by atoms with Gasteiger partial charge in [0.05, 0.1) is 6.26 Å². The Kier molecular flexibility index (Phi) is 2.74. The van der Waals surface area contributed by atoms with E-state index < -0.39 is 0 Å². The van der Waals surface area contributed by atoms with Gasteiger partial charge in [0.2, 0.25) is 0 Å². The molecule has 3 heteroatoms. The van der Waals surface area contributed by atoms with Gasteiger partial charge in [-0.05, 0) is 45.9 Å². The van der Waals surface area contributed by atoms with Gasteiger partial charge in [0.15, 0.2) is 5.78 Å². The fourth-order valence-electron chi connectivity index (χ4n) is 2.58. The van der Waals surface area contributed by atoms with Crippen LogP contribution in [-0.4, -0.2) is 16.9 Å². The second-order valence-corrected chi connectivity index (χ2v) is 5.81. The summed E-state index contributed by atoms with van der Waals surface area (Å²) in [7, 11) is 0. The second-order valence-electron chi connectivity index (χ2n) is 5.81. The molecule has 1 fully saturated rings. The van der Waals surface area contributed by atoms with E-state index in [1.807, 2.05) is 32.1 Å². The third-order valence-corrected chi connectivity index (χ3v) is 3.06. The number of carbonyl (C=O) groups is 1. The zero-order chi connectivity index (χ0) is 12.7. The molecule has 2 rings (SSSR count). The zero-order valence-corrected chi connectivity index (χ0v) is 10.8. The summed E-state index contributed by atoms with van der Waals surface area (Å²) in [5.74, 6) is 0.915. The molecule has 17 heavy (non-hydrogen) atoms. The normalized spacial score (nSPS) is 25.2. The van der Waals surface area contributed by atoms with Crippen LogP contribution >= 0.6 is 0 Å². The standard InChI is InChI=1S/C14H19NO2/c1-13(2)9-12(16)11(14(3,4)15-13)8-10-6-5-7-17-10/h5-8,15H,9H2,1-4H3/b11-8-. The minimum atomic E-state index is -0.328. The maximum absolute atomic E-state index is 12.2. The first-order chi connectivity index (χ1) is 7.80. The third kappa shape index (κ3) is 2.50. The highest BCUT2D eigenvalue weighted by molar-refractivity contribution is 6.02. The smallest absolute Gasteiger partial charge is 0.162 e. The Morgan fingerprint density at radius 1 is 1.35 bits per heavy atom. The minimum absolute atomic E-state index is 0.152. The van der Waals surface area contributed by atoms with E-state index in [1.165, 1.54) is 0 Å². The number of ketones is 1. The highest BCUT2D eigenvalue weighted by Gasteiger charge is 2.40. The number of piperidine rings is 1. The predicted octanol–water partition coefficient (Wildman–Crippen LogP) is 2.78. The Balaban J connectivity index is 2.37. The lowest BCUT2D eigenvalue weighted by Crippen LogP contribution is -2.59. The fourth-order valence-corrected chi connectivity index (χ4v) is 2.58. The van der Waals surface area contributed by atoms with Crippen molar-refractivity contribution in [2.45, 2.75) is 45.2 Å². The van der Waals surface area contributed by atoms with Gasteiger partial charge in [0, 0.05) is 23.1 Å². The maximum atomic E-state index is 12.2. The molecule has 0 radical (unpaired) electrons. The van der Waals surface area contributed by atoms with Crippen LogP contribution in [0.2, 0.25) is 0 Å². The van der Waals surface area contributed by atoms with Crippen LogP contribution in [0.1, 0.15) is 39.9 Å². The Hall–Kier alpha value is -1.35. The lowest BCUT2D eigenvalue weighted by Gasteiger charge is -2.43. The van der Waals surface area contributed by atoms with E-state index >= 15 is 0 Å². The van der Waals surface area contributed by atoms with Crippen molar-refractivity contribution in [2.24, 2.45) is 0 Å². The van der Waals surface area contributed by atoms with Gasteiger partial charge in [-0.1, -0.05) is 0 Å². The van der Waals surface area contributed by atoms with Crippen molar-refractivity contribution in [3.63, 3.8) is 0 Å². The molecule has 92 valence electrons. The number of Topliss-reactive ketones (excluding diaryl/α,β-unsaturated/α-hetero) is 1. The van der Waals surface area contributed by atoms with Gasteiger partial charge in [-0.25, -0.2) is 0 Å². The van der Waals surface area contributed by atoms with Crippen molar-refractivity contribution in [3.8, 4) is 0 Å². The number of furan rings is 1. The molecule has 1 saturated heterocycles. The molecule has 0 amide bonds. The molecule has 0 bridgehead atoms. The average Bonchev–Trinajstić information content (AvgIpc) is 2.60. The van der Waals surface area contributed by atoms with Crippen LogP contribution in [0.3, 0.4) is 0 Å². The summed E-state index contributed by atoms with van der Waals surface area (Å²) in [5, 5.41) is 3.49. The van der Waals surface area contributed by atoms with E-state index in [9.17, 15) is 4.79 Å². The summed E-state index contributed by atoms with van der Waals surface area (Å²) in [6.45, 7) is 8.16. The molecule has 1 N–H and O–H groups in total. The minimum Gasteiger partial charge on any atom is -0.465 e. The quantitative estimate of drug-likeness (QED) is 0.758. The van der Waals surface area contributed by atoms with Crippen LogP contribution in [0.25, 0.3) is 6.08 Å². The van der Waals surface area contributed by atoms with E-state index in [1.54, 1.807) is 6.26 Å². The molecule has 1 aromatic heterocycles. The molecule has 0 saturated carbocycles. The van der Waals surface area contributed by atoms with Crippen molar-refractivity contribution in [1.29, 1.82) is 0 Å². The van der Waals surface area contributed by atoms with Gasteiger partial charge in [-0.15, -0.1) is 0 Å². The van der Waals surface area contributed by atoms with E-state index in [4.69, 9.17) is 4.42 Å². The van der Waals surface area contributed by atoms with Crippen molar-refractivity contribution in [2.75, 3.05) is 0 Å². The highest BCUT2D eigenvalue weighted by atomic mass is 16.3. The Bertz CT molecular complexity index is 453. The number of carbonyl (C=O) groups excluding carboxylic acids is 1. The number of hydrogen-bond donors (Lipinski definition) is 1. The monoisotopic (exact) mass is 233 g/mol. The molecule has 0 atom stereocenters. The summed E-state index contributed by atoms with van der Waals surface area (Å²) in [5.41, 5.74) is 0.305. The number of nitrogens with one attached hydrogen (secondary N) is 1. The van der Waals surface area contributed by atoms with Gasteiger partial charge in [0.25, 0.3) is 0 Å². The molecule has 0 spiro atoms. The summed E-state index contributed by atoms with van der Waals surface area (Å²) >= 11 is 0. The molecule has 0 aliphatic carbocycles. The summed E-state index contributed by atoms with van der Waals surface area (Å²) in [6.07, 6.45) is 3.97. The SMILES string of the molecule is CC1(C)CC(=O)/C(=C/c2ccco2)C(C)(C)N1. The van der Waals surface area contributed by atoms with E-state index in [0.717, 1.165) is 11.3 Å². The predicted molar refractivity (Wildman–Crippen MR) is 67.6 cm³/mol. The van der Waals surface area contributed by atoms with E-state index in [2.05, 4.69) is 19.2 Å². The molecule has 1 aromatic rings. The molecule has 3 nitrogen and oxygen atoms in total. The first-order valence-corrected chi connectivity index (χ1v) is 5.88. The van der Waals surface area contributed by atoms with E-state index in [0.29, 0.717) is 6.42 Å². The molecule has 1 aliphatic heterocycles. The summed E-state index contributed by atoms with van der Waals surface area (Å²) < 4.78 is 5.27. The Labute approximate surface area is 102 Å². The second kappa shape index (κ2) is 3.84. The topological polar surface area (TPSA) is 42.2 Å². The van der Waals surface area contributed by atoms with Gasteiger partial charge in [0.1, 0.15) is 5.76 Å². The van der Waals surface area contributed by atoms with Crippen LogP contribution in [0.5, 0.6) is 0 Å². The van der Waals surface area contributed by atoms with Crippen molar-refractivity contribution in [1.82, 2.24) is 5.32 Å². The van der Waals surface area contributed by atoms with Gasteiger partial charge in [-0.2, -0.15) is 0 Å². The first-order valence-electron chi connectivity index (χ1n) is 5.88. The van der Waals surface area contributed by atoms with Gasteiger partial charge >= 0.3 is 0 Å². The molecular weight excluding hydrogens is 214 g/mol. The molecule has 0 unspecified atom stereocenters. The number of hydrogen-bond acceptors (Lipinski definition) is 3. The fraction of sp³-hybridized carbons (Fsp3) is 0.500. The molecular formula is C14H19NO2. The average molecular weight is 233 g/mol. The van der Waals surface area contributed by atoms with Gasteiger partial charge < -0.3 is 9.73 Å². The van der Waals surface area contributed by atoms with Crippen LogP contribution in [0.4, 0.5) is 0 Å². The van der Waals surface area contributed by atoms with Gasteiger partial charge in [-0.3, -0.25) is 4.79 Å². The first kappa shape index (κ1) is 12.1. The number of rotatable bonds is 1. The summed E-state index contributed by atoms with van der Waals surface area (Å²) in [6, 6.07) is 3.68. The molecule has 0 aromatic carbocycles. The molecule has 2 heterocycles. The molecule has 1 aliphatic rings. The van der Waals surface area contributed by atoms with Crippen LogP contribution < -0.4 is 5.32 Å². The Morgan fingerprint density at radius 2 is 2.06 bits per heavy atom. The van der Waals surface area contributed by atoms with E-state index in [-0.39, 0.29) is 16.9 Å². The highest BCUT2D eigenvalue weighted by Crippen LogP contribution is 2.31. The van der Waals surface area contributed by atoms with Crippen LogP contribution in [0.15, 0.2) is 28.4 Å². The maximum Gasteiger partial charge on any atom is 0.162 e.